The predicted molar refractivity (Wildman–Crippen MR) is 110 cm³/mol. The van der Waals surface area contributed by atoms with Gasteiger partial charge in [0.15, 0.2) is 0 Å². The summed E-state index contributed by atoms with van der Waals surface area (Å²) in [6, 6.07) is 0. The number of nitrogens with zero attached hydrogens (tertiary/aromatic N) is 2. The Bertz CT molecular complexity index is 823. The number of nitrogens with one attached hydrogen (secondary N) is 2. The summed E-state index contributed by atoms with van der Waals surface area (Å²) in [5.41, 5.74) is 4.47. The molecule has 3 atom stereocenters. The summed E-state index contributed by atoms with van der Waals surface area (Å²) in [6.45, 7) is 6.40. The van der Waals surface area contributed by atoms with E-state index in [1.807, 2.05) is 0 Å². The zero-order valence-electron chi connectivity index (χ0n) is 15.8. The SMILES string of the molecule is CCC(C)c1nc2c([nH]1)CS(=O)CC2.CCc1nc2c([nH]1)CS(=O)CC2.[HH].[HH]. The van der Waals surface area contributed by atoms with Crippen molar-refractivity contribution in [2.45, 2.75) is 63.9 Å². The average Bonchev–Trinajstić information content (AvgIpc) is 3.24. The lowest BCUT2D eigenvalue weighted by molar-refractivity contribution is 0.677. The lowest BCUT2D eigenvalue weighted by atomic mass is 10.1. The van der Waals surface area contributed by atoms with Crippen LogP contribution in [0.1, 0.15) is 70.4 Å². The molecule has 0 aliphatic carbocycles. The fourth-order valence-corrected chi connectivity index (χ4v) is 5.36. The summed E-state index contributed by atoms with van der Waals surface area (Å²) in [5.74, 6) is 5.46. The molecule has 2 aromatic heterocycles. The first-order chi connectivity index (χ1) is 12.5. The fraction of sp³-hybridized carbons (Fsp3) is 0.667. The predicted octanol–water partition coefficient (Wildman–Crippen LogP) is 3.00. The molecule has 0 spiro atoms. The Morgan fingerprint density at radius 1 is 1.00 bits per heavy atom. The van der Waals surface area contributed by atoms with Crippen LogP contribution in [0.5, 0.6) is 0 Å². The molecule has 0 amide bonds. The van der Waals surface area contributed by atoms with Crippen molar-refractivity contribution in [2.75, 3.05) is 11.5 Å². The van der Waals surface area contributed by atoms with Crippen molar-refractivity contribution in [1.29, 1.82) is 0 Å². The number of aromatic amines is 2. The maximum atomic E-state index is 11.3. The van der Waals surface area contributed by atoms with E-state index in [0.29, 0.717) is 17.4 Å². The van der Waals surface area contributed by atoms with Gasteiger partial charge in [-0.1, -0.05) is 20.8 Å². The molecule has 2 aromatic rings. The van der Waals surface area contributed by atoms with Crippen LogP contribution in [0.4, 0.5) is 0 Å². The van der Waals surface area contributed by atoms with Crippen LogP contribution in [0, 0.1) is 0 Å². The molecule has 0 fully saturated rings. The number of H-pyrrole nitrogens is 2. The summed E-state index contributed by atoms with van der Waals surface area (Å²) in [7, 11) is -1.34. The van der Waals surface area contributed by atoms with E-state index in [9.17, 15) is 8.42 Å². The number of aromatic nitrogens is 4. The number of hydrogen-bond acceptors (Lipinski definition) is 4. The summed E-state index contributed by atoms with van der Waals surface area (Å²) in [5, 5.41) is 0. The van der Waals surface area contributed by atoms with Crippen molar-refractivity contribution in [3.05, 3.63) is 34.4 Å². The van der Waals surface area contributed by atoms with Gasteiger partial charge in [0.1, 0.15) is 11.6 Å². The van der Waals surface area contributed by atoms with E-state index in [2.05, 4.69) is 40.7 Å². The summed E-state index contributed by atoms with van der Waals surface area (Å²) in [6.07, 6.45) is 3.77. The van der Waals surface area contributed by atoms with E-state index in [1.54, 1.807) is 0 Å². The molecule has 0 bridgehead atoms. The minimum atomic E-state index is -0.675. The van der Waals surface area contributed by atoms with Gasteiger partial charge in [-0.3, -0.25) is 8.42 Å². The van der Waals surface area contributed by atoms with Gasteiger partial charge in [-0.2, -0.15) is 0 Å². The third-order valence-corrected chi connectivity index (χ3v) is 7.49. The number of fused-ring (bicyclic) bond motifs is 2. The molecule has 26 heavy (non-hydrogen) atoms. The number of hydrogen-bond donors (Lipinski definition) is 2. The van der Waals surface area contributed by atoms with Crippen LogP contribution in [-0.4, -0.2) is 39.9 Å². The molecule has 0 saturated carbocycles. The number of rotatable bonds is 3. The van der Waals surface area contributed by atoms with E-state index < -0.39 is 21.6 Å². The second kappa shape index (κ2) is 8.61. The Morgan fingerprint density at radius 3 is 2.15 bits per heavy atom. The quantitative estimate of drug-likeness (QED) is 0.828. The van der Waals surface area contributed by atoms with Gasteiger partial charge in [-0.25, -0.2) is 9.97 Å². The van der Waals surface area contributed by atoms with Gasteiger partial charge < -0.3 is 9.97 Å². The van der Waals surface area contributed by atoms with Crippen LogP contribution < -0.4 is 0 Å². The minimum Gasteiger partial charge on any atom is -0.345 e. The largest absolute Gasteiger partial charge is 0.345 e. The van der Waals surface area contributed by atoms with E-state index in [-0.39, 0.29) is 2.85 Å². The van der Waals surface area contributed by atoms with Crippen molar-refractivity contribution >= 4 is 21.6 Å². The van der Waals surface area contributed by atoms with Gasteiger partial charge in [-0.05, 0) is 6.42 Å². The molecule has 0 aromatic carbocycles. The van der Waals surface area contributed by atoms with Crippen LogP contribution in [0.25, 0.3) is 0 Å². The highest BCUT2D eigenvalue weighted by Crippen LogP contribution is 2.21. The highest BCUT2D eigenvalue weighted by molar-refractivity contribution is 7.84. The Morgan fingerprint density at radius 2 is 1.58 bits per heavy atom. The molecule has 148 valence electrons. The summed E-state index contributed by atoms with van der Waals surface area (Å²) < 4.78 is 22.5. The molecule has 8 heteroatoms. The topological polar surface area (TPSA) is 91.5 Å². The fourth-order valence-electron chi connectivity index (χ4n) is 3.11. The lowest BCUT2D eigenvalue weighted by Crippen LogP contribution is -2.12. The van der Waals surface area contributed by atoms with Gasteiger partial charge >= 0.3 is 0 Å². The van der Waals surface area contributed by atoms with Crippen molar-refractivity contribution in [1.82, 2.24) is 19.9 Å². The van der Waals surface area contributed by atoms with E-state index >= 15 is 0 Å². The molecular formula is C18H32N4O2S2. The summed E-state index contributed by atoms with van der Waals surface area (Å²) in [4.78, 5) is 15.5. The third kappa shape index (κ3) is 4.52. The standard InChI is InChI=1S/C10H16N2OS.C8H12N2OS.2H2/c1-3-7(2)10-11-8-4-5-14(13)6-9(8)12-10;1-2-8-9-6-3-4-12(11)5-7(6)10-8;;/h7H,3-6H2,1-2H3,(H,11,12);2-5H2,1H3,(H,9,10);2*1H. The maximum absolute atomic E-state index is 11.3. The minimum absolute atomic E-state index is 0. The molecule has 6 nitrogen and oxygen atoms in total. The van der Waals surface area contributed by atoms with Gasteiger partial charge in [0.05, 0.1) is 34.3 Å². The van der Waals surface area contributed by atoms with Crippen LogP contribution in [0.2, 0.25) is 0 Å². The van der Waals surface area contributed by atoms with Crippen LogP contribution in [0.3, 0.4) is 0 Å². The van der Waals surface area contributed by atoms with Crippen molar-refractivity contribution in [3.63, 3.8) is 0 Å². The molecular weight excluding hydrogens is 368 g/mol. The van der Waals surface area contributed by atoms with Crippen LogP contribution in [-0.2, 0) is 52.4 Å². The molecule has 2 aliphatic heterocycles. The van der Waals surface area contributed by atoms with Gasteiger partial charge in [-0.15, -0.1) is 0 Å². The second-order valence-corrected chi connectivity index (χ2v) is 10.0. The highest BCUT2D eigenvalue weighted by atomic mass is 32.2. The third-order valence-electron chi connectivity index (χ3n) is 4.95. The monoisotopic (exact) mass is 400 g/mol. The van der Waals surface area contributed by atoms with Crippen LogP contribution in [0.15, 0.2) is 0 Å². The Kier molecular flexibility index (Phi) is 6.45. The Labute approximate surface area is 162 Å². The van der Waals surface area contributed by atoms with E-state index in [1.165, 1.54) is 0 Å². The Hall–Kier alpha value is -1.28. The molecule has 2 N–H and O–H groups in total. The number of aryl methyl sites for hydroxylation is 3. The normalized spacial score (nSPS) is 22.7. The van der Waals surface area contributed by atoms with Crippen molar-refractivity contribution in [3.8, 4) is 0 Å². The Balaban J connectivity index is 0.000000264. The van der Waals surface area contributed by atoms with Gasteiger partial charge in [0, 0.05) is 61.1 Å². The zero-order valence-corrected chi connectivity index (χ0v) is 17.4. The molecule has 2 aliphatic rings. The smallest absolute Gasteiger partial charge is 0.109 e. The van der Waals surface area contributed by atoms with E-state index in [0.717, 1.165) is 71.6 Å². The molecule has 4 heterocycles. The molecule has 3 unspecified atom stereocenters. The molecule has 4 rings (SSSR count). The molecule has 0 saturated heterocycles. The first kappa shape index (κ1) is 19.5. The summed E-state index contributed by atoms with van der Waals surface area (Å²) >= 11 is 0. The van der Waals surface area contributed by atoms with E-state index in [4.69, 9.17) is 0 Å². The van der Waals surface area contributed by atoms with Gasteiger partial charge in [0.2, 0.25) is 0 Å². The zero-order chi connectivity index (χ0) is 18.7. The lowest BCUT2D eigenvalue weighted by Gasteiger charge is -2.07. The maximum Gasteiger partial charge on any atom is 0.109 e. The molecule has 0 radical (unpaired) electrons. The first-order valence-corrected chi connectivity index (χ1v) is 12.3. The average molecular weight is 401 g/mol. The highest BCUT2D eigenvalue weighted by Gasteiger charge is 2.20. The first-order valence-electron chi connectivity index (χ1n) is 9.34. The van der Waals surface area contributed by atoms with Gasteiger partial charge in [0.25, 0.3) is 0 Å². The number of imidazole rings is 2. The second-order valence-electron chi connectivity index (χ2n) is 6.90. The van der Waals surface area contributed by atoms with Crippen molar-refractivity contribution in [2.24, 2.45) is 0 Å². The van der Waals surface area contributed by atoms with Crippen LogP contribution >= 0.6 is 0 Å². The van der Waals surface area contributed by atoms with Crippen molar-refractivity contribution < 1.29 is 11.3 Å².